The first kappa shape index (κ1) is 11.5. The predicted molar refractivity (Wildman–Crippen MR) is 71.9 cm³/mol. The van der Waals surface area contributed by atoms with Crippen molar-refractivity contribution in [2.45, 2.75) is 12.8 Å². The molecule has 3 heterocycles. The maximum atomic E-state index is 4.49. The number of fused-ring (bicyclic) bond motifs is 1. The molecule has 3 rings (SSSR count). The molecule has 0 saturated carbocycles. The Morgan fingerprint density at radius 1 is 1.50 bits per heavy atom. The molecular formula is C13H19N5. The molecule has 1 unspecified atom stereocenters. The summed E-state index contributed by atoms with van der Waals surface area (Å²) >= 11 is 0. The number of anilines is 1. The van der Waals surface area contributed by atoms with Crippen LogP contribution in [0.3, 0.4) is 0 Å². The summed E-state index contributed by atoms with van der Waals surface area (Å²) < 4.78 is 1.87. The summed E-state index contributed by atoms with van der Waals surface area (Å²) in [6.07, 6.45) is 8.10. The summed E-state index contributed by atoms with van der Waals surface area (Å²) in [6.45, 7) is 3.33. The molecule has 0 aliphatic carbocycles. The van der Waals surface area contributed by atoms with Crippen LogP contribution in [0, 0.1) is 5.92 Å². The number of nitrogens with zero attached hydrogens (tertiary/aromatic N) is 4. The maximum absolute atomic E-state index is 4.49. The zero-order valence-corrected chi connectivity index (χ0v) is 10.7. The van der Waals surface area contributed by atoms with Crippen LogP contribution in [-0.2, 0) is 0 Å². The van der Waals surface area contributed by atoms with Crippen LogP contribution in [-0.4, -0.2) is 41.3 Å². The van der Waals surface area contributed by atoms with Gasteiger partial charge in [-0.1, -0.05) is 0 Å². The molecule has 1 aliphatic rings. The Morgan fingerprint density at radius 2 is 2.44 bits per heavy atom. The van der Waals surface area contributed by atoms with Crippen molar-refractivity contribution < 1.29 is 0 Å². The van der Waals surface area contributed by atoms with Crippen LogP contribution in [0.2, 0.25) is 0 Å². The number of hydrogen-bond acceptors (Lipinski definition) is 4. The minimum absolute atomic E-state index is 0.716. The van der Waals surface area contributed by atoms with Gasteiger partial charge in [0.1, 0.15) is 5.52 Å². The fourth-order valence-electron chi connectivity index (χ4n) is 2.69. The van der Waals surface area contributed by atoms with Crippen LogP contribution in [0.4, 0.5) is 5.82 Å². The van der Waals surface area contributed by atoms with E-state index in [1.807, 2.05) is 29.2 Å². The van der Waals surface area contributed by atoms with E-state index in [-0.39, 0.29) is 0 Å². The van der Waals surface area contributed by atoms with Gasteiger partial charge < -0.3 is 10.2 Å². The average Bonchev–Trinajstić information content (AvgIpc) is 2.87. The molecule has 1 atom stereocenters. The Balaban J connectivity index is 1.78. The number of hydrogen-bond donors (Lipinski definition) is 1. The van der Waals surface area contributed by atoms with E-state index in [1.165, 1.54) is 12.8 Å². The van der Waals surface area contributed by atoms with Gasteiger partial charge in [-0.15, -0.1) is 0 Å². The summed E-state index contributed by atoms with van der Waals surface area (Å²) in [4.78, 5) is 6.73. The quantitative estimate of drug-likeness (QED) is 0.881. The van der Waals surface area contributed by atoms with E-state index in [1.54, 1.807) is 0 Å². The predicted octanol–water partition coefficient (Wildman–Crippen LogP) is 1.17. The lowest BCUT2D eigenvalue weighted by Crippen LogP contribution is -2.37. The SMILES string of the molecule is CN(CC1CCCNC1)c1nccn2nccc12. The standard InChI is InChI=1S/C13H19N5/c1-17(10-11-3-2-5-14-9-11)13-12-4-6-16-18(12)8-7-15-13/h4,6-8,11,14H,2-3,5,9-10H2,1H3. The lowest BCUT2D eigenvalue weighted by Gasteiger charge is -2.28. The van der Waals surface area contributed by atoms with Gasteiger partial charge in [0.25, 0.3) is 0 Å². The van der Waals surface area contributed by atoms with Crippen LogP contribution in [0.1, 0.15) is 12.8 Å². The Kier molecular flexibility index (Phi) is 3.15. The third-order valence-corrected chi connectivity index (χ3v) is 3.60. The lowest BCUT2D eigenvalue weighted by atomic mass is 9.99. The first-order valence-electron chi connectivity index (χ1n) is 6.55. The van der Waals surface area contributed by atoms with Gasteiger partial charge in [0, 0.05) is 26.0 Å². The smallest absolute Gasteiger partial charge is 0.154 e. The Bertz CT molecular complexity index is 515. The zero-order valence-electron chi connectivity index (χ0n) is 10.7. The van der Waals surface area contributed by atoms with Crippen LogP contribution in [0.5, 0.6) is 0 Å². The van der Waals surface area contributed by atoms with E-state index in [4.69, 9.17) is 0 Å². The molecule has 1 fully saturated rings. The van der Waals surface area contributed by atoms with Crippen molar-refractivity contribution >= 4 is 11.3 Å². The number of piperidine rings is 1. The van der Waals surface area contributed by atoms with E-state index in [0.29, 0.717) is 5.92 Å². The highest BCUT2D eigenvalue weighted by Crippen LogP contribution is 2.19. The van der Waals surface area contributed by atoms with Crippen molar-refractivity contribution in [1.82, 2.24) is 19.9 Å². The van der Waals surface area contributed by atoms with Crippen molar-refractivity contribution in [3.8, 4) is 0 Å². The maximum Gasteiger partial charge on any atom is 0.154 e. The Hall–Kier alpha value is -1.62. The fraction of sp³-hybridized carbons (Fsp3) is 0.538. The summed E-state index contributed by atoms with van der Waals surface area (Å²) in [5.74, 6) is 1.73. The molecule has 5 heteroatoms. The van der Waals surface area contributed by atoms with Gasteiger partial charge in [-0.2, -0.15) is 5.10 Å². The van der Waals surface area contributed by atoms with Crippen molar-refractivity contribution in [1.29, 1.82) is 0 Å². The third-order valence-electron chi connectivity index (χ3n) is 3.60. The molecule has 18 heavy (non-hydrogen) atoms. The molecule has 1 aliphatic heterocycles. The van der Waals surface area contributed by atoms with E-state index >= 15 is 0 Å². The normalized spacial score (nSPS) is 20.2. The molecule has 0 aromatic carbocycles. The molecule has 1 saturated heterocycles. The lowest BCUT2D eigenvalue weighted by molar-refractivity contribution is 0.380. The molecule has 0 spiro atoms. The van der Waals surface area contributed by atoms with Crippen molar-refractivity contribution in [2.75, 3.05) is 31.6 Å². The molecule has 0 radical (unpaired) electrons. The van der Waals surface area contributed by atoms with Gasteiger partial charge in [0.2, 0.25) is 0 Å². The molecule has 2 aromatic rings. The van der Waals surface area contributed by atoms with Crippen molar-refractivity contribution in [2.24, 2.45) is 5.92 Å². The molecule has 96 valence electrons. The first-order valence-corrected chi connectivity index (χ1v) is 6.55. The van der Waals surface area contributed by atoms with Gasteiger partial charge in [-0.05, 0) is 37.9 Å². The van der Waals surface area contributed by atoms with Gasteiger partial charge in [-0.25, -0.2) is 9.50 Å². The second-order valence-corrected chi connectivity index (χ2v) is 5.00. The van der Waals surface area contributed by atoms with Crippen molar-refractivity contribution in [3.63, 3.8) is 0 Å². The minimum Gasteiger partial charge on any atom is -0.358 e. The number of nitrogens with one attached hydrogen (secondary N) is 1. The van der Waals surface area contributed by atoms with E-state index in [2.05, 4.69) is 27.3 Å². The average molecular weight is 245 g/mol. The fourth-order valence-corrected chi connectivity index (χ4v) is 2.69. The van der Waals surface area contributed by atoms with Crippen molar-refractivity contribution in [3.05, 3.63) is 24.7 Å². The highest BCUT2D eigenvalue weighted by Gasteiger charge is 2.17. The second kappa shape index (κ2) is 4.94. The molecule has 0 bridgehead atoms. The minimum atomic E-state index is 0.716. The summed E-state index contributed by atoms with van der Waals surface area (Å²) in [7, 11) is 2.12. The van der Waals surface area contributed by atoms with Crippen LogP contribution < -0.4 is 10.2 Å². The van der Waals surface area contributed by atoms with Crippen LogP contribution >= 0.6 is 0 Å². The number of rotatable bonds is 3. The van der Waals surface area contributed by atoms with Crippen LogP contribution in [0.25, 0.3) is 5.52 Å². The summed E-state index contributed by atoms with van der Waals surface area (Å²) in [6, 6.07) is 2.01. The molecule has 0 amide bonds. The summed E-state index contributed by atoms with van der Waals surface area (Å²) in [5, 5.41) is 7.71. The van der Waals surface area contributed by atoms with E-state index in [0.717, 1.165) is 31.0 Å². The van der Waals surface area contributed by atoms with Crippen LogP contribution in [0.15, 0.2) is 24.7 Å². The molecular weight excluding hydrogens is 226 g/mol. The zero-order chi connectivity index (χ0) is 12.4. The second-order valence-electron chi connectivity index (χ2n) is 5.00. The number of aromatic nitrogens is 3. The van der Waals surface area contributed by atoms with E-state index < -0.39 is 0 Å². The third kappa shape index (κ3) is 2.18. The highest BCUT2D eigenvalue weighted by atomic mass is 15.3. The van der Waals surface area contributed by atoms with Gasteiger partial charge in [0.05, 0.1) is 6.20 Å². The van der Waals surface area contributed by atoms with Gasteiger partial charge >= 0.3 is 0 Å². The highest BCUT2D eigenvalue weighted by molar-refractivity contribution is 5.67. The molecule has 5 nitrogen and oxygen atoms in total. The Morgan fingerprint density at radius 3 is 3.28 bits per heavy atom. The van der Waals surface area contributed by atoms with Gasteiger partial charge in [-0.3, -0.25) is 0 Å². The molecule has 2 aromatic heterocycles. The first-order chi connectivity index (χ1) is 8.84. The van der Waals surface area contributed by atoms with E-state index in [9.17, 15) is 0 Å². The molecule has 1 N–H and O–H groups in total. The Labute approximate surface area is 107 Å². The van der Waals surface area contributed by atoms with Gasteiger partial charge in [0.15, 0.2) is 5.82 Å². The monoisotopic (exact) mass is 245 g/mol. The topological polar surface area (TPSA) is 45.5 Å². The largest absolute Gasteiger partial charge is 0.358 e. The summed E-state index contributed by atoms with van der Waals surface area (Å²) in [5.41, 5.74) is 1.07.